The Balaban J connectivity index is 3.04. The molecule has 0 aliphatic heterocycles. The van der Waals surface area contributed by atoms with Crippen LogP contribution in [0.25, 0.3) is 0 Å². The number of carbonyl (C=O) groups is 2. The van der Waals surface area contributed by atoms with E-state index in [1.807, 2.05) is 0 Å². The molecule has 0 fully saturated rings. The van der Waals surface area contributed by atoms with Crippen LogP contribution in [0, 0.1) is 26.2 Å². The van der Waals surface area contributed by atoms with Gasteiger partial charge in [-0.2, -0.15) is 0 Å². The van der Waals surface area contributed by atoms with Crippen molar-refractivity contribution in [2.45, 2.75) is 13.8 Å². The number of rotatable bonds is 3. The summed E-state index contributed by atoms with van der Waals surface area (Å²) in [5.74, 6) is 2.06. The van der Waals surface area contributed by atoms with Crippen molar-refractivity contribution in [3.8, 4) is 12.3 Å². The minimum Gasteiger partial charge on any atom is -0.356 e. The second-order valence-corrected chi connectivity index (χ2v) is 3.17. The van der Waals surface area contributed by atoms with Crippen LogP contribution in [-0.4, -0.2) is 23.7 Å². The zero-order chi connectivity index (χ0) is 11.4. The van der Waals surface area contributed by atoms with Crippen molar-refractivity contribution in [1.82, 2.24) is 10.3 Å². The fourth-order valence-electron chi connectivity index (χ4n) is 1.45. The van der Waals surface area contributed by atoms with Crippen molar-refractivity contribution in [3.05, 3.63) is 22.5 Å². The normalized spacial score (nSPS) is 9.40. The molecule has 2 N–H and O–H groups in total. The molecule has 4 heteroatoms. The van der Waals surface area contributed by atoms with Crippen LogP contribution in [0.2, 0.25) is 0 Å². The Morgan fingerprint density at radius 2 is 2.27 bits per heavy atom. The Labute approximate surface area is 88.1 Å². The first-order valence-corrected chi connectivity index (χ1v) is 4.47. The molecule has 0 unspecified atom stereocenters. The van der Waals surface area contributed by atoms with Gasteiger partial charge in [-0.3, -0.25) is 9.59 Å². The summed E-state index contributed by atoms with van der Waals surface area (Å²) in [6.45, 7) is 3.64. The number of aromatic amines is 1. The number of hydrogen-bond donors (Lipinski definition) is 2. The second kappa shape index (κ2) is 4.47. The fraction of sp³-hybridized carbons (Fsp3) is 0.273. The molecule has 1 heterocycles. The third kappa shape index (κ3) is 2.08. The standard InChI is InChI=1S/C11H12N2O2/c1-4-5-12-11(15)10-7(2)9(6-14)13-8(10)3/h1,6,13H,5H2,2-3H3,(H,12,15). The average Bonchev–Trinajstić information content (AvgIpc) is 2.50. The molecule has 0 aliphatic carbocycles. The summed E-state index contributed by atoms with van der Waals surface area (Å²) < 4.78 is 0. The first-order chi connectivity index (χ1) is 7.11. The molecule has 15 heavy (non-hydrogen) atoms. The molecular weight excluding hydrogens is 192 g/mol. The van der Waals surface area contributed by atoms with Crippen LogP contribution < -0.4 is 5.32 Å². The van der Waals surface area contributed by atoms with Crippen LogP contribution in [0.1, 0.15) is 32.1 Å². The van der Waals surface area contributed by atoms with Crippen molar-refractivity contribution < 1.29 is 9.59 Å². The lowest BCUT2D eigenvalue weighted by atomic mass is 10.1. The van der Waals surface area contributed by atoms with E-state index in [1.54, 1.807) is 13.8 Å². The zero-order valence-electron chi connectivity index (χ0n) is 8.68. The van der Waals surface area contributed by atoms with E-state index in [9.17, 15) is 9.59 Å². The van der Waals surface area contributed by atoms with E-state index in [0.717, 1.165) is 0 Å². The zero-order valence-corrected chi connectivity index (χ0v) is 8.68. The summed E-state index contributed by atoms with van der Waals surface area (Å²) in [5.41, 5.74) is 2.24. The van der Waals surface area contributed by atoms with Gasteiger partial charge in [-0.25, -0.2) is 0 Å². The van der Waals surface area contributed by atoms with Gasteiger partial charge < -0.3 is 10.3 Å². The Kier molecular flexibility index (Phi) is 3.29. The first-order valence-electron chi connectivity index (χ1n) is 4.47. The molecule has 0 aromatic carbocycles. The van der Waals surface area contributed by atoms with Gasteiger partial charge in [0, 0.05) is 5.69 Å². The molecule has 0 saturated carbocycles. The van der Waals surface area contributed by atoms with Crippen molar-refractivity contribution in [1.29, 1.82) is 0 Å². The highest BCUT2D eigenvalue weighted by atomic mass is 16.1. The monoisotopic (exact) mass is 204 g/mol. The van der Waals surface area contributed by atoms with Crippen LogP contribution in [0.3, 0.4) is 0 Å². The summed E-state index contributed by atoms with van der Waals surface area (Å²) in [4.78, 5) is 25.1. The van der Waals surface area contributed by atoms with Gasteiger partial charge >= 0.3 is 0 Å². The van der Waals surface area contributed by atoms with Crippen LogP contribution in [-0.2, 0) is 0 Å². The van der Waals surface area contributed by atoms with Crippen molar-refractivity contribution >= 4 is 12.2 Å². The molecule has 1 amide bonds. The number of aldehydes is 1. The van der Waals surface area contributed by atoms with Gasteiger partial charge in [0.1, 0.15) is 0 Å². The van der Waals surface area contributed by atoms with Crippen molar-refractivity contribution in [2.24, 2.45) is 0 Å². The van der Waals surface area contributed by atoms with E-state index in [0.29, 0.717) is 28.8 Å². The van der Waals surface area contributed by atoms with Gasteiger partial charge in [-0.05, 0) is 19.4 Å². The molecule has 0 atom stereocenters. The summed E-state index contributed by atoms with van der Waals surface area (Å²) in [7, 11) is 0. The third-order valence-electron chi connectivity index (χ3n) is 2.17. The second-order valence-electron chi connectivity index (χ2n) is 3.17. The predicted octanol–water partition coefficient (Wildman–Crippen LogP) is 0.807. The smallest absolute Gasteiger partial charge is 0.254 e. The SMILES string of the molecule is C#CCNC(=O)c1c(C)[nH]c(C=O)c1C. The Hall–Kier alpha value is -2.02. The van der Waals surface area contributed by atoms with Crippen molar-refractivity contribution in [3.63, 3.8) is 0 Å². The van der Waals surface area contributed by atoms with Gasteiger partial charge in [0.25, 0.3) is 5.91 Å². The number of carbonyl (C=O) groups excluding carboxylic acids is 2. The quantitative estimate of drug-likeness (QED) is 0.565. The van der Waals surface area contributed by atoms with Crippen LogP contribution in [0.5, 0.6) is 0 Å². The lowest BCUT2D eigenvalue weighted by Crippen LogP contribution is -2.24. The van der Waals surface area contributed by atoms with Crippen LogP contribution in [0.15, 0.2) is 0 Å². The minimum atomic E-state index is -0.257. The molecule has 1 aromatic rings. The molecule has 1 rings (SSSR count). The minimum absolute atomic E-state index is 0.180. The van der Waals surface area contributed by atoms with Crippen molar-refractivity contribution in [2.75, 3.05) is 6.54 Å². The lowest BCUT2D eigenvalue weighted by molar-refractivity contribution is 0.0957. The van der Waals surface area contributed by atoms with Gasteiger partial charge in [-0.1, -0.05) is 5.92 Å². The maximum atomic E-state index is 11.6. The van der Waals surface area contributed by atoms with E-state index in [4.69, 9.17) is 6.42 Å². The van der Waals surface area contributed by atoms with Crippen LogP contribution in [0.4, 0.5) is 0 Å². The Bertz CT molecular complexity index is 438. The van der Waals surface area contributed by atoms with Gasteiger partial charge in [0.2, 0.25) is 0 Å². The van der Waals surface area contributed by atoms with E-state index in [-0.39, 0.29) is 12.5 Å². The highest BCUT2D eigenvalue weighted by Gasteiger charge is 2.16. The molecular formula is C11H12N2O2. The maximum absolute atomic E-state index is 11.6. The van der Waals surface area contributed by atoms with Crippen LogP contribution >= 0.6 is 0 Å². The predicted molar refractivity (Wildman–Crippen MR) is 56.8 cm³/mol. The summed E-state index contributed by atoms with van der Waals surface area (Å²) in [5, 5.41) is 2.56. The number of H-pyrrole nitrogens is 1. The van der Waals surface area contributed by atoms with E-state index in [1.165, 1.54) is 0 Å². The summed E-state index contributed by atoms with van der Waals surface area (Å²) in [6, 6.07) is 0. The number of aryl methyl sites for hydroxylation is 1. The third-order valence-corrected chi connectivity index (χ3v) is 2.17. The summed E-state index contributed by atoms with van der Waals surface area (Å²) in [6.07, 6.45) is 5.73. The number of hydrogen-bond acceptors (Lipinski definition) is 2. The van der Waals surface area contributed by atoms with E-state index < -0.39 is 0 Å². The van der Waals surface area contributed by atoms with Gasteiger partial charge in [0.15, 0.2) is 6.29 Å². The largest absolute Gasteiger partial charge is 0.356 e. The highest BCUT2D eigenvalue weighted by Crippen LogP contribution is 2.15. The maximum Gasteiger partial charge on any atom is 0.254 e. The molecule has 0 radical (unpaired) electrons. The molecule has 0 spiro atoms. The Morgan fingerprint density at radius 3 is 2.73 bits per heavy atom. The van der Waals surface area contributed by atoms with Gasteiger partial charge in [0.05, 0.1) is 17.8 Å². The van der Waals surface area contributed by atoms with Gasteiger partial charge in [-0.15, -0.1) is 6.42 Å². The topological polar surface area (TPSA) is 62.0 Å². The first kappa shape index (κ1) is 11.1. The lowest BCUT2D eigenvalue weighted by Gasteiger charge is -2.01. The molecule has 0 aliphatic rings. The molecule has 4 nitrogen and oxygen atoms in total. The molecule has 78 valence electrons. The highest BCUT2D eigenvalue weighted by molar-refractivity contribution is 5.99. The molecule has 0 bridgehead atoms. The molecule has 1 aromatic heterocycles. The fourth-order valence-corrected chi connectivity index (χ4v) is 1.45. The van der Waals surface area contributed by atoms with E-state index >= 15 is 0 Å². The number of nitrogens with one attached hydrogen (secondary N) is 2. The summed E-state index contributed by atoms with van der Waals surface area (Å²) >= 11 is 0. The Morgan fingerprint density at radius 1 is 1.60 bits per heavy atom. The average molecular weight is 204 g/mol. The van der Waals surface area contributed by atoms with E-state index in [2.05, 4.69) is 16.2 Å². The molecule has 0 saturated heterocycles. The number of terminal acetylenes is 1. The number of aromatic nitrogens is 1. The number of amides is 1.